The minimum atomic E-state index is -0.160. The Morgan fingerprint density at radius 2 is 1.78 bits per heavy atom. The molecule has 3 heterocycles. The summed E-state index contributed by atoms with van der Waals surface area (Å²) in [6.07, 6.45) is 5.54. The van der Waals surface area contributed by atoms with E-state index in [0.717, 1.165) is 23.2 Å². The summed E-state index contributed by atoms with van der Waals surface area (Å²) >= 11 is 0. The third-order valence-corrected chi connectivity index (χ3v) is 6.54. The standard InChI is InChI=1S/C29H29N5O2/c1-20-29(33(2)27(35)15-12-21-8-4-3-5-9-21)34-19-23(13-14-26(34)32-20)28(36)30-17-16-22-18-31-25-11-7-6-10-24(22)25/h3-11,13-14,18-19,31H,12,15-17H2,1-2H3,(H,30,36). The number of aryl methyl sites for hydroxylation is 2. The van der Waals surface area contributed by atoms with Crippen LogP contribution in [0.1, 0.15) is 33.6 Å². The molecule has 0 aliphatic heterocycles. The van der Waals surface area contributed by atoms with Crippen LogP contribution in [0.3, 0.4) is 0 Å². The number of nitrogens with zero attached hydrogens (tertiary/aromatic N) is 3. The predicted molar refractivity (Wildman–Crippen MR) is 142 cm³/mol. The van der Waals surface area contributed by atoms with Crippen molar-refractivity contribution in [1.29, 1.82) is 0 Å². The molecular formula is C29H29N5O2. The summed E-state index contributed by atoms with van der Waals surface area (Å²) in [6.45, 7) is 2.40. The number of nitrogens with one attached hydrogen (secondary N) is 2. The minimum absolute atomic E-state index is 0.00247. The zero-order valence-electron chi connectivity index (χ0n) is 20.5. The molecule has 0 saturated carbocycles. The van der Waals surface area contributed by atoms with Gasteiger partial charge < -0.3 is 10.3 Å². The van der Waals surface area contributed by atoms with E-state index in [-0.39, 0.29) is 11.8 Å². The van der Waals surface area contributed by atoms with Crippen LogP contribution in [-0.2, 0) is 17.6 Å². The van der Waals surface area contributed by atoms with Crippen LogP contribution in [0, 0.1) is 6.92 Å². The zero-order chi connectivity index (χ0) is 25.1. The molecule has 7 nitrogen and oxygen atoms in total. The van der Waals surface area contributed by atoms with Gasteiger partial charge in [0.25, 0.3) is 5.91 Å². The first-order chi connectivity index (χ1) is 17.5. The summed E-state index contributed by atoms with van der Waals surface area (Å²) in [7, 11) is 1.76. The number of amides is 2. The van der Waals surface area contributed by atoms with E-state index in [2.05, 4.69) is 21.4 Å². The number of hydrogen-bond donors (Lipinski definition) is 2. The SMILES string of the molecule is Cc1nc2ccc(C(=O)NCCc3c[nH]c4ccccc34)cn2c1N(C)C(=O)CCc1ccccc1. The van der Waals surface area contributed by atoms with Crippen molar-refractivity contribution < 1.29 is 9.59 Å². The lowest BCUT2D eigenvalue weighted by Gasteiger charge is -2.18. The second kappa shape index (κ2) is 10.1. The van der Waals surface area contributed by atoms with Crippen molar-refractivity contribution in [2.24, 2.45) is 0 Å². The van der Waals surface area contributed by atoms with E-state index in [1.54, 1.807) is 24.2 Å². The molecule has 0 aliphatic rings. The number of para-hydroxylation sites is 1. The normalized spacial score (nSPS) is 11.2. The molecule has 0 atom stereocenters. The van der Waals surface area contributed by atoms with Gasteiger partial charge in [-0.2, -0.15) is 0 Å². The van der Waals surface area contributed by atoms with Gasteiger partial charge in [0.05, 0.1) is 11.3 Å². The second-order valence-electron chi connectivity index (χ2n) is 8.97. The fourth-order valence-electron chi connectivity index (χ4n) is 4.62. The molecule has 7 heteroatoms. The minimum Gasteiger partial charge on any atom is -0.361 e. The van der Waals surface area contributed by atoms with Gasteiger partial charge in [-0.25, -0.2) is 4.98 Å². The summed E-state index contributed by atoms with van der Waals surface area (Å²) in [5.41, 5.74) is 5.34. The van der Waals surface area contributed by atoms with E-state index in [1.807, 2.05) is 72.1 Å². The number of imidazole rings is 1. The Morgan fingerprint density at radius 3 is 2.61 bits per heavy atom. The fraction of sp³-hybridized carbons (Fsp3) is 0.207. The Morgan fingerprint density at radius 1 is 1.00 bits per heavy atom. The number of fused-ring (bicyclic) bond motifs is 2. The number of anilines is 1. The van der Waals surface area contributed by atoms with E-state index in [0.29, 0.717) is 36.4 Å². The number of carbonyl (C=O) groups excluding carboxylic acids is 2. The van der Waals surface area contributed by atoms with Crippen LogP contribution >= 0.6 is 0 Å². The topological polar surface area (TPSA) is 82.5 Å². The van der Waals surface area contributed by atoms with Crippen LogP contribution in [0.5, 0.6) is 0 Å². The zero-order valence-corrected chi connectivity index (χ0v) is 20.5. The van der Waals surface area contributed by atoms with Gasteiger partial charge >= 0.3 is 0 Å². The first-order valence-electron chi connectivity index (χ1n) is 12.1. The molecule has 2 N–H and O–H groups in total. The van der Waals surface area contributed by atoms with Gasteiger partial charge in [0.15, 0.2) is 0 Å². The molecule has 36 heavy (non-hydrogen) atoms. The van der Waals surface area contributed by atoms with Crippen molar-refractivity contribution in [1.82, 2.24) is 19.7 Å². The molecule has 5 rings (SSSR count). The van der Waals surface area contributed by atoms with E-state index in [1.165, 1.54) is 10.9 Å². The monoisotopic (exact) mass is 479 g/mol. The van der Waals surface area contributed by atoms with E-state index >= 15 is 0 Å². The molecule has 0 aliphatic carbocycles. The molecule has 0 fully saturated rings. The van der Waals surface area contributed by atoms with Gasteiger partial charge in [0.1, 0.15) is 11.5 Å². The average Bonchev–Trinajstić information content (AvgIpc) is 3.46. The summed E-state index contributed by atoms with van der Waals surface area (Å²) in [5.74, 6) is 0.515. The quantitative estimate of drug-likeness (QED) is 0.339. The lowest BCUT2D eigenvalue weighted by atomic mass is 10.1. The van der Waals surface area contributed by atoms with Gasteiger partial charge in [-0.3, -0.25) is 18.9 Å². The molecule has 5 aromatic rings. The van der Waals surface area contributed by atoms with Crippen molar-refractivity contribution in [3.63, 3.8) is 0 Å². The Hall–Kier alpha value is -4.39. The van der Waals surface area contributed by atoms with Gasteiger partial charge in [-0.1, -0.05) is 48.5 Å². The predicted octanol–water partition coefficient (Wildman–Crippen LogP) is 4.69. The van der Waals surface area contributed by atoms with Crippen LogP contribution < -0.4 is 10.2 Å². The Kier molecular flexibility index (Phi) is 6.54. The highest BCUT2D eigenvalue weighted by molar-refractivity contribution is 5.95. The van der Waals surface area contributed by atoms with Crippen LogP contribution in [0.15, 0.2) is 79.1 Å². The highest BCUT2D eigenvalue weighted by atomic mass is 16.2. The first kappa shape index (κ1) is 23.4. The van der Waals surface area contributed by atoms with Gasteiger partial charge in [-0.15, -0.1) is 0 Å². The molecule has 3 aromatic heterocycles. The number of carbonyl (C=O) groups is 2. The summed E-state index contributed by atoms with van der Waals surface area (Å²) in [6, 6.07) is 21.7. The number of aromatic nitrogens is 3. The maximum atomic E-state index is 13.0. The lowest BCUT2D eigenvalue weighted by Crippen LogP contribution is -2.29. The smallest absolute Gasteiger partial charge is 0.252 e. The number of benzene rings is 2. The maximum absolute atomic E-state index is 13.0. The third-order valence-electron chi connectivity index (χ3n) is 6.54. The van der Waals surface area contributed by atoms with Gasteiger partial charge in [-0.05, 0) is 49.1 Å². The Labute approximate surface area is 209 Å². The summed E-state index contributed by atoms with van der Waals surface area (Å²) in [5, 5.41) is 4.19. The first-order valence-corrected chi connectivity index (χ1v) is 12.1. The molecule has 2 aromatic carbocycles. The number of rotatable bonds is 8. The molecule has 2 amide bonds. The van der Waals surface area contributed by atoms with Gasteiger partial charge in [0.2, 0.25) is 5.91 Å². The Balaban J connectivity index is 1.28. The molecule has 0 saturated heterocycles. The maximum Gasteiger partial charge on any atom is 0.252 e. The fourth-order valence-corrected chi connectivity index (χ4v) is 4.62. The molecule has 182 valence electrons. The largest absolute Gasteiger partial charge is 0.361 e. The summed E-state index contributed by atoms with van der Waals surface area (Å²) in [4.78, 5) is 35.4. The van der Waals surface area contributed by atoms with Crippen LogP contribution in [0.4, 0.5) is 5.82 Å². The highest BCUT2D eigenvalue weighted by Gasteiger charge is 2.20. The number of pyridine rings is 1. The van der Waals surface area contributed by atoms with E-state index < -0.39 is 0 Å². The van der Waals surface area contributed by atoms with Crippen molar-refractivity contribution in [3.8, 4) is 0 Å². The molecule has 0 radical (unpaired) electrons. The molecule has 0 unspecified atom stereocenters. The van der Waals surface area contributed by atoms with Crippen molar-refractivity contribution >= 4 is 34.2 Å². The van der Waals surface area contributed by atoms with Crippen molar-refractivity contribution in [2.75, 3.05) is 18.5 Å². The highest BCUT2D eigenvalue weighted by Crippen LogP contribution is 2.23. The number of aromatic amines is 1. The van der Waals surface area contributed by atoms with Crippen molar-refractivity contribution in [2.45, 2.75) is 26.2 Å². The summed E-state index contributed by atoms with van der Waals surface area (Å²) < 4.78 is 1.82. The second-order valence-corrected chi connectivity index (χ2v) is 8.97. The van der Waals surface area contributed by atoms with E-state index in [4.69, 9.17) is 0 Å². The molecule has 0 spiro atoms. The van der Waals surface area contributed by atoms with Gasteiger partial charge in [0, 0.05) is 43.3 Å². The third kappa shape index (κ3) is 4.73. The number of hydrogen-bond acceptors (Lipinski definition) is 3. The average molecular weight is 480 g/mol. The molecule has 0 bridgehead atoms. The lowest BCUT2D eigenvalue weighted by molar-refractivity contribution is -0.118. The molecular weight excluding hydrogens is 450 g/mol. The van der Waals surface area contributed by atoms with E-state index in [9.17, 15) is 9.59 Å². The van der Waals surface area contributed by atoms with Crippen LogP contribution in [0.25, 0.3) is 16.6 Å². The van der Waals surface area contributed by atoms with Crippen LogP contribution in [0.2, 0.25) is 0 Å². The van der Waals surface area contributed by atoms with Crippen molar-refractivity contribution in [3.05, 3.63) is 102 Å². The number of H-pyrrole nitrogens is 1. The Bertz CT molecular complexity index is 1530. The van der Waals surface area contributed by atoms with Crippen LogP contribution in [-0.4, -0.2) is 39.8 Å².